The third kappa shape index (κ3) is 2.91. The number of imidazole rings is 1. The smallest absolute Gasteiger partial charge is 0.294 e. The van der Waals surface area contributed by atoms with E-state index in [2.05, 4.69) is 20.4 Å². The molecule has 8 nitrogen and oxygen atoms in total. The molecule has 8 heteroatoms. The van der Waals surface area contributed by atoms with Crippen molar-refractivity contribution in [3.8, 4) is 5.69 Å². The van der Waals surface area contributed by atoms with Crippen molar-refractivity contribution in [2.75, 3.05) is 19.6 Å². The highest BCUT2D eigenvalue weighted by Gasteiger charge is 2.32. The molecule has 3 heterocycles. The molecule has 1 N–H and O–H groups in total. The maximum Gasteiger partial charge on any atom is 0.294 e. The first-order valence-corrected chi connectivity index (χ1v) is 8.20. The zero-order valence-electron chi connectivity index (χ0n) is 13.9. The average molecular weight is 337 g/mol. The Morgan fingerprint density at radius 2 is 2.08 bits per heavy atom. The monoisotopic (exact) mass is 337 g/mol. The van der Waals surface area contributed by atoms with Crippen molar-refractivity contribution in [1.29, 1.82) is 0 Å². The van der Waals surface area contributed by atoms with Crippen LogP contribution in [0.25, 0.3) is 5.69 Å². The number of benzene rings is 1. The number of rotatable bonds is 3. The molecule has 1 atom stereocenters. The van der Waals surface area contributed by atoms with E-state index >= 15 is 0 Å². The fourth-order valence-electron chi connectivity index (χ4n) is 3.07. The van der Waals surface area contributed by atoms with Crippen molar-refractivity contribution in [2.45, 2.75) is 6.04 Å². The van der Waals surface area contributed by atoms with Gasteiger partial charge in [-0.25, -0.2) is 14.6 Å². The highest BCUT2D eigenvalue weighted by atomic mass is 16.2. The number of hydrogen-bond donors (Lipinski definition) is 1. The van der Waals surface area contributed by atoms with Crippen molar-refractivity contribution in [3.05, 3.63) is 60.7 Å². The molecule has 2 aromatic heterocycles. The van der Waals surface area contributed by atoms with E-state index in [0.717, 1.165) is 18.1 Å². The second kappa shape index (κ2) is 6.48. The summed E-state index contributed by atoms with van der Waals surface area (Å²) in [4.78, 5) is 23.4. The van der Waals surface area contributed by atoms with Gasteiger partial charge in [-0.05, 0) is 12.1 Å². The lowest BCUT2D eigenvalue weighted by Crippen LogP contribution is -2.49. The topological polar surface area (TPSA) is 80.9 Å². The van der Waals surface area contributed by atoms with Gasteiger partial charge in [0.1, 0.15) is 18.2 Å². The van der Waals surface area contributed by atoms with Crippen molar-refractivity contribution in [1.82, 2.24) is 34.5 Å². The molecule has 3 aromatic rings. The van der Waals surface area contributed by atoms with Gasteiger partial charge < -0.3 is 14.8 Å². The summed E-state index contributed by atoms with van der Waals surface area (Å²) in [6.45, 7) is 2.00. The standard InChI is InChI=1S/C17H19N7O/c1-22-9-8-19-16(22)14-11-18-7-10-23(14)17(25)15-20-12-24(21-15)13-5-3-2-4-6-13/h2-6,8-9,12,14,18H,7,10-11H2,1H3. The van der Waals surface area contributed by atoms with Gasteiger partial charge in [0, 0.05) is 39.1 Å². The number of nitrogens with zero attached hydrogens (tertiary/aromatic N) is 6. The van der Waals surface area contributed by atoms with Gasteiger partial charge in [0.05, 0.1) is 5.69 Å². The van der Waals surface area contributed by atoms with Gasteiger partial charge in [-0.3, -0.25) is 4.79 Å². The second-order valence-corrected chi connectivity index (χ2v) is 5.96. The fourth-order valence-corrected chi connectivity index (χ4v) is 3.07. The minimum Gasteiger partial charge on any atom is -0.336 e. The molecule has 1 aromatic carbocycles. The Hall–Kier alpha value is -3.00. The van der Waals surface area contributed by atoms with Crippen LogP contribution in [0.1, 0.15) is 22.5 Å². The molecule has 0 bridgehead atoms. The molecular weight excluding hydrogens is 318 g/mol. The summed E-state index contributed by atoms with van der Waals surface area (Å²) < 4.78 is 3.55. The van der Waals surface area contributed by atoms with Gasteiger partial charge in [0.25, 0.3) is 5.91 Å². The summed E-state index contributed by atoms with van der Waals surface area (Å²) in [7, 11) is 1.93. The van der Waals surface area contributed by atoms with Gasteiger partial charge in [0.15, 0.2) is 0 Å². The maximum absolute atomic E-state index is 13.0. The molecule has 1 saturated heterocycles. The molecule has 1 amide bonds. The lowest BCUT2D eigenvalue weighted by Gasteiger charge is -2.35. The van der Waals surface area contributed by atoms with Crippen LogP contribution in [0.3, 0.4) is 0 Å². The predicted octanol–water partition coefficient (Wildman–Crippen LogP) is 0.787. The number of carbonyl (C=O) groups is 1. The van der Waals surface area contributed by atoms with Crippen LogP contribution in [0.4, 0.5) is 0 Å². The number of nitrogens with one attached hydrogen (secondary N) is 1. The lowest BCUT2D eigenvalue weighted by molar-refractivity contribution is 0.0608. The summed E-state index contributed by atoms with van der Waals surface area (Å²) in [6, 6.07) is 9.49. The number of hydrogen-bond acceptors (Lipinski definition) is 5. The van der Waals surface area contributed by atoms with E-state index < -0.39 is 0 Å². The Morgan fingerprint density at radius 3 is 2.84 bits per heavy atom. The predicted molar refractivity (Wildman–Crippen MR) is 91.2 cm³/mol. The molecule has 1 fully saturated rings. The zero-order chi connectivity index (χ0) is 17.2. The van der Waals surface area contributed by atoms with Gasteiger partial charge in [-0.1, -0.05) is 18.2 Å². The van der Waals surface area contributed by atoms with Crippen LogP contribution in [0.15, 0.2) is 49.1 Å². The number of aryl methyl sites for hydroxylation is 1. The number of aromatic nitrogens is 5. The summed E-state index contributed by atoms with van der Waals surface area (Å²) in [5.74, 6) is 0.872. The number of carbonyl (C=O) groups excluding carboxylic acids is 1. The third-order valence-corrected chi connectivity index (χ3v) is 4.36. The first kappa shape index (κ1) is 15.5. The van der Waals surface area contributed by atoms with Crippen molar-refractivity contribution in [2.24, 2.45) is 7.05 Å². The molecule has 128 valence electrons. The highest BCUT2D eigenvalue weighted by molar-refractivity contribution is 5.90. The van der Waals surface area contributed by atoms with E-state index in [4.69, 9.17) is 0 Å². The summed E-state index contributed by atoms with van der Waals surface area (Å²) in [6.07, 6.45) is 5.20. The summed E-state index contributed by atoms with van der Waals surface area (Å²) >= 11 is 0. The zero-order valence-corrected chi connectivity index (χ0v) is 13.9. The Balaban J connectivity index is 1.61. The van der Waals surface area contributed by atoms with Gasteiger partial charge >= 0.3 is 0 Å². The van der Waals surface area contributed by atoms with Crippen molar-refractivity contribution < 1.29 is 4.79 Å². The molecule has 4 rings (SSSR count). The Bertz CT molecular complexity index is 870. The Labute approximate surface area is 145 Å². The summed E-state index contributed by atoms with van der Waals surface area (Å²) in [5.41, 5.74) is 0.870. The molecule has 0 spiro atoms. The average Bonchev–Trinajstić information content (AvgIpc) is 3.31. The van der Waals surface area contributed by atoms with Gasteiger partial charge in [-0.2, -0.15) is 0 Å². The Morgan fingerprint density at radius 1 is 1.24 bits per heavy atom. The second-order valence-electron chi connectivity index (χ2n) is 5.96. The largest absolute Gasteiger partial charge is 0.336 e. The van der Waals surface area contributed by atoms with Gasteiger partial charge in [-0.15, -0.1) is 5.10 Å². The summed E-state index contributed by atoms with van der Waals surface area (Å²) in [5, 5.41) is 7.69. The number of amides is 1. The van der Waals surface area contributed by atoms with E-state index in [9.17, 15) is 4.79 Å². The van der Waals surface area contributed by atoms with E-state index in [0.29, 0.717) is 13.1 Å². The lowest BCUT2D eigenvalue weighted by atomic mass is 10.1. The molecular formula is C17H19N7O. The van der Waals surface area contributed by atoms with E-state index in [1.165, 1.54) is 0 Å². The number of piperazine rings is 1. The van der Waals surface area contributed by atoms with Crippen LogP contribution in [0, 0.1) is 0 Å². The molecule has 1 aliphatic heterocycles. The molecule has 0 radical (unpaired) electrons. The van der Waals surface area contributed by atoms with E-state index in [-0.39, 0.29) is 17.8 Å². The molecule has 25 heavy (non-hydrogen) atoms. The van der Waals surface area contributed by atoms with Crippen LogP contribution in [-0.4, -0.2) is 54.8 Å². The van der Waals surface area contributed by atoms with Crippen LogP contribution in [0.2, 0.25) is 0 Å². The van der Waals surface area contributed by atoms with E-state index in [1.54, 1.807) is 22.1 Å². The molecule has 0 saturated carbocycles. The minimum absolute atomic E-state index is 0.134. The molecule has 0 aliphatic carbocycles. The third-order valence-electron chi connectivity index (χ3n) is 4.36. The highest BCUT2D eigenvalue weighted by Crippen LogP contribution is 2.22. The first-order valence-electron chi connectivity index (χ1n) is 8.20. The SMILES string of the molecule is Cn1ccnc1C1CNCCN1C(=O)c1ncn(-c2ccccc2)n1. The maximum atomic E-state index is 13.0. The van der Waals surface area contributed by atoms with Crippen molar-refractivity contribution >= 4 is 5.91 Å². The van der Waals surface area contributed by atoms with Crippen LogP contribution < -0.4 is 5.32 Å². The quantitative estimate of drug-likeness (QED) is 0.764. The first-order chi connectivity index (χ1) is 12.2. The van der Waals surface area contributed by atoms with E-state index in [1.807, 2.05) is 48.1 Å². The van der Waals surface area contributed by atoms with Gasteiger partial charge in [0.2, 0.25) is 5.82 Å². The minimum atomic E-state index is -0.177. The van der Waals surface area contributed by atoms with Crippen molar-refractivity contribution in [3.63, 3.8) is 0 Å². The van der Waals surface area contributed by atoms with Crippen LogP contribution >= 0.6 is 0 Å². The van der Waals surface area contributed by atoms with Crippen LogP contribution in [-0.2, 0) is 7.05 Å². The molecule has 1 unspecified atom stereocenters. The molecule has 1 aliphatic rings. The Kier molecular flexibility index (Phi) is 4.02. The normalized spacial score (nSPS) is 17.6. The van der Waals surface area contributed by atoms with Crippen LogP contribution in [0.5, 0.6) is 0 Å². The number of para-hydroxylation sites is 1. The fraction of sp³-hybridized carbons (Fsp3) is 0.294.